The van der Waals surface area contributed by atoms with Gasteiger partial charge in [-0.05, 0) is 62.2 Å². The summed E-state index contributed by atoms with van der Waals surface area (Å²) in [5.74, 6) is -4.40. The number of ether oxygens (including phenoxy) is 2. The Hall–Kier alpha value is -2.29. The molecule has 2 N–H and O–H groups in total. The molecule has 37 heavy (non-hydrogen) atoms. The van der Waals surface area contributed by atoms with E-state index in [1.165, 1.54) is 19.1 Å². The zero-order chi connectivity index (χ0) is 27.7. The number of fused-ring (bicyclic) bond motifs is 5. The molecule has 3 saturated carbocycles. The normalized spacial score (nSPS) is 45.4. The molecule has 206 valence electrons. The topological polar surface area (TPSA) is 110 Å². The number of carbonyl (C=O) groups is 3. The van der Waals surface area contributed by atoms with Crippen LogP contribution in [0.25, 0.3) is 0 Å². The Kier molecular flexibility index (Phi) is 6.66. The van der Waals surface area contributed by atoms with Crippen molar-refractivity contribution >= 4 is 17.9 Å². The number of alkyl halides is 2. The Morgan fingerprint density at radius 3 is 2.43 bits per heavy atom. The van der Waals surface area contributed by atoms with Gasteiger partial charge >= 0.3 is 12.1 Å². The SMILES string of the molecule is CCC(OC(=O)OC1(C(=O)O)[C@H](C)C[C@H]2[C@@H]3C[C@H](F)C4=CC(=O)C=C[C@]4(C)C3(F)[C@@H](O)C[C@@]21C)C(C)C. The molecular formula is C28H38F2O7. The minimum atomic E-state index is -2.34. The molecule has 4 rings (SSSR count). The molecule has 4 aliphatic carbocycles. The van der Waals surface area contributed by atoms with Crippen LogP contribution < -0.4 is 0 Å². The fraction of sp³-hybridized carbons (Fsp3) is 0.750. The Morgan fingerprint density at radius 2 is 1.86 bits per heavy atom. The van der Waals surface area contributed by atoms with E-state index < -0.39 is 76.1 Å². The van der Waals surface area contributed by atoms with Crippen LogP contribution in [0.15, 0.2) is 23.8 Å². The quantitative estimate of drug-likeness (QED) is 0.489. The molecule has 3 fully saturated rings. The minimum Gasteiger partial charge on any atom is -0.478 e. The number of hydrogen-bond donors (Lipinski definition) is 2. The number of carboxylic acids is 1. The second kappa shape index (κ2) is 8.89. The van der Waals surface area contributed by atoms with Crippen molar-refractivity contribution in [2.75, 3.05) is 0 Å². The number of carbonyl (C=O) groups excluding carboxylic acids is 2. The summed E-state index contributed by atoms with van der Waals surface area (Å²) < 4.78 is 44.0. The van der Waals surface area contributed by atoms with Crippen molar-refractivity contribution in [2.24, 2.45) is 34.5 Å². The molecule has 10 atom stereocenters. The maximum Gasteiger partial charge on any atom is 0.509 e. The number of aliphatic carboxylic acids is 1. The van der Waals surface area contributed by atoms with Gasteiger partial charge in [0.15, 0.2) is 11.5 Å². The highest BCUT2D eigenvalue weighted by Gasteiger charge is 2.78. The van der Waals surface area contributed by atoms with E-state index in [4.69, 9.17) is 9.47 Å². The van der Waals surface area contributed by atoms with Gasteiger partial charge in [0.2, 0.25) is 5.60 Å². The number of aliphatic hydroxyl groups excluding tert-OH is 1. The number of allylic oxidation sites excluding steroid dienone is 4. The van der Waals surface area contributed by atoms with Gasteiger partial charge in [0.05, 0.1) is 6.10 Å². The second-order valence-corrected chi connectivity index (χ2v) is 12.2. The predicted molar refractivity (Wildman–Crippen MR) is 130 cm³/mol. The van der Waals surface area contributed by atoms with E-state index in [0.717, 1.165) is 6.08 Å². The predicted octanol–water partition coefficient (Wildman–Crippen LogP) is 4.96. The largest absolute Gasteiger partial charge is 0.509 e. The number of halogens is 2. The van der Waals surface area contributed by atoms with Crippen molar-refractivity contribution in [2.45, 2.75) is 96.9 Å². The Labute approximate surface area is 216 Å². The average molecular weight is 525 g/mol. The van der Waals surface area contributed by atoms with Crippen LogP contribution >= 0.6 is 0 Å². The standard InChI is InChI=1S/C28H38F2O7/c1-7-21(14(2)3)36-24(35)37-28(23(33)34)15(4)10-17-18-12-20(29)19-11-16(31)8-9-25(19,5)27(18,30)22(32)13-26(17,28)6/h8-9,11,14-15,17-18,20-22,32H,7,10,12-13H2,1-6H3,(H,33,34)/t15-,17+,18+,20+,21?,22+,25+,26+,27?,28?/m1/s1. The summed E-state index contributed by atoms with van der Waals surface area (Å²) in [7, 11) is 0. The zero-order valence-corrected chi connectivity index (χ0v) is 22.3. The van der Waals surface area contributed by atoms with Crippen LogP contribution in [-0.2, 0) is 19.1 Å². The van der Waals surface area contributed by atoms with Gasteiger partial charge in [-0.15, -0.1) is 0 Å². The number of hydrogen-bond acceptors (Lipinski definition) is 6. The average Bonchev–Trinajstić information content (AvgIpc) is 3.02. The van der Waals surface area contributed by atoms with Crippen LogP contribution in [0.4, 0.5) is 13.6 Å². The molecule has 4 aliphatic rings. The van der Waals surface area contributed by atoms with Crippen LogP contribution in [0.1, 0.15) is 67.2 Å². The molecule has 0 bridgehead atoms. The van der Waals surface area contributed by atoms with E-state index in [-0.39, 0.29) is 30.8 Å². The van der Waals surface area contributed by atoms with E-state index in [2.05, 4.69) is 0 Å². The molecule has 0 heterocycles. The van der Waals surface area contributed by atoms with E-state index in [9.17, 15) is 24.6 Å². The van der Waals surface area contributed by atoms with Gasteiger partial charge < -0.3 is 19.7 Å². The van der Waals surface area contributed by atoms with Crippen LogP contribution in [0.2, 0.25) is 0 Å². The summed E-state index contributed by atoms with van der Waals surface area (Å²) in [6, 6.07) is 0. The smallest absolute Gasteiger partial charge is 0.478 e. The summed E-state index contributed by atoms with van der Waals surface area (Å²) in [5.41, 5.74) is -7.43. The third-order valence-electron chi connectivity index (χ3n) is 10.1. The lowest BCUT2D eigenvalue weighted by molar-refractivity contribution is -0.232. The molecule has 0 aromatic carbocycles. The van der Waals surface area contributed by atoms with Gasteiger partial charge in [0.25, 0.3) is 0 Å². The summed E-state index contributed by atoms with van der Waals surface area (Å²) in [5, 5.41) is 21.9. The highest BCUT2D eigenvalue weighted by molar-refractivity contribution is 6.01. The molecule has 9 heteroatoms. The fourth-order valence-electron chi connectivity index (χ4n) is 8.21. The first-order valence-corrected chi connectivity index (χ1v) is 13.2. The van der Waals surface area contributed by atoms with Gasteiger partial charge in [-0.2, -0.15) is 0 Å². The molecule has 0 saturated heterocycles. The number of carboxylic acid groups (broad SMARTS) is 1. The molecule has 0 radical (unpaired) electrons. The van der Waals surface area contributed by atoms with E-state index in [1.807, 2.05) is 20.8 Å². The Balaban J connectivity index is 1.77. The van der Waals surface area contributed by atoms with Crippen LogP contribution in [-0.4, -0.2) is 57.8 Å². The van der Waals surface area contributed by atoms with Crippen molar-refractivity contribution in [3.63, 3.8) is 0 Å². The van der Waals surface area contributed by atoms with Gasteiger partial charge in [-0.1, -0.05) is 40.7 Å². The fourth-order valence-corrected chi connectivity index (χ4v) is 8.21. The Morgan fingerprint density at radius 1 is 1.22 bits per heavy atom. The summed E-state index contributed by atoms with van der Waals surface area (Å²) in [6.07, 6.45) is -1.27. The first kappa shape index (κ1) is 27.7. The lowest BCUT2D eigenvalue weighted by Gasteiger charge is -2.62. The molecule has 0 spiro atoms. The second-order valence-electron chi connectivity index (χ2n) is 12.2. The highest BCUT2D eigenvalue weighted by atomic mass is 19.1. The van der Waals surface area contributed by atoms with Gasteiger partial charge in [0.1, 0.15) is 12.3 Å². The molecule has 0 aliphatic heterocycles. The third kappa shape index (κ3) is 3.55. The summed E-state index contributed by atoms with van der Waals surface area (Å²) in [6.45, 7) is 10.3. The van der Waals surface area contributed by atoms with Gasteiger partial charge in [-0.3, -0.25) is 4.79 Å². The Bertz CT molecular complexity index is 1060. The number of aliphatic hydroxyl groups is 1. The number of ketones is 1. The number of rotatable bonds is 5. The minimum absolute atomic E-state index is 0.00364. The third-order valence-corrected chi connectivity index (χ3v) is 10.1. The lowest BCUT2D eigenvalue weighted by Crippen LogP contribution is -2.71. The summed E-state index contributed by atoms with van der Waals surface area (Å²) in [4.78, 5) is 37.8. The van der Waals surface area contributed by atoms with Crippen LogP contribution in [0.3, 0.4) is 0 Å². The van der Waals surface area contributed by atoms with E-state index in [0.29, 0.717) is 6.42 Å². The maximum atomic E-state index is 17.3. The van der Waals surface area contributed by atoms with Crippen molar-refractivity contribution < 1.29 is 42.9 Å². The summed E-state index contributed by atoms with van der Waals surface area (Å²) >= 11 is 0. The van der Waals surface area contributed by atoms with Crippen molar-refractivity contribution in [1.82, 2.24) is 0 Å². The van der Waals surface area contributed by atoms with E-state index in [1.54, 1.807) is 13.8 Å². The van der Waals surface area contributed by atoms with Gasteiger partial charge in [-0.25, -0.2) is 18.4 Å². The molecule has 0 aromatic heterocycles. The van der Waals surface area contributed by atoms with Crippen LogP contribution in [0.5, 0.6) is 0 Å². The van der Waals surface area contributed by atoms with Crippen LogP contribution in [0, 0.1) is 34.5 Å². The molecular weight excluding hydrogens is 486 g/mol. The monoisotopic (exact) mass is 524 g/mol. The first-order chi connectivity index (χ1) is 17.1. The molecule has 7 nitrogen and oxygen atoms in total. The lowest BCUT2D eigenvalue weighted by atomic mass is 9.44. The van der Waals surface area contributed by atoms with Crippen molar-refractivity contribution in [1.29, 1.82) is 0 Å². The van der Waals surface area contributed by atoms with Gasteiger partial charge in [0, 0.05) is 22.7 Å². The molecule has 3 unspecified atom stereocenters. The van der Waals surface area contributed by atoms with E-state index >= 15 is 8.78 Å². The van der Waals surface area contributed by atoms with Crippen molar-refractivity contribution in [3.05, 3.63) is 23.8 Å². The highest BCUT2D eigenvalue weighted by Crippen LogP contribution is 2.71. The maximum absolute atomic E-state index is 17.3. The molecule has 0 amide bonds. The zero-order valence-electron chi connectivity index (χ0n) is 22.3. The first-order valence-electron chi connectivity index (χ1n) is 13.2. The van der Waals surface area contributed by atoms with Crippen molar-refractivity contribution in [3.8, 4) is 0 Å². The molecule has 0 aromatic rings.